The lowest BCUT2D eigenvalue weighted by atomic mass is 10.0. The Morgan fingerprint density at radius 1 is 0.935 bits per heavy atom. The van der Waals surface area contributed by atoms with E-state index in [1.54, 1.807) is 25.1 Å². The van der Waals surface area contributed by atoms with Gasteiger partial charge in [0, 0.05) is 24.2 Å². The number of nitrogens with zero attached hydrogens (tertiary/aromatic N) is 2. The van der Waals surface area contributed by atoms with E-state index in [2.05, 4.69) is 0 Å². The second-order valence-corrected chi connectivity index (χ2v) is 8.95. The van der Waals surface area contributed by atoms with Crippen molar-refractivity contribution in [2.75, 3.05) is 0 Å². The number of benzene rings is 3. The van der Waals surface area contributed by atoms with Crippen LogP contribution in [0, 0.1) is 17.0 Å². The molecule has 7 nitrogen and oxygen atoms in total. The van der Waals surface area contributed by atoms with E-state index >= 15 is 0 Å². The maximum atomic E-state index is 13.5. The van der Waals surface area contributed by atoms with Crippen LogP contribution in [0.4, 0.5) is 5.69 Å². The van der Waals surface area contributed by atoms with Crippen molar-refractivity contribution in [2.24, 2.45) is 0 Å². The van der Waals surface area contributed by atoms with Crippen LogP contribution in [0.3, 0.4) is 0 Å². The fourth-order valence-corrected chi connectivity index (χ4v) is 5.04. The molecular weight excluding hydrogens is 416 g/mol. The topological polar surface area (TPSA) is 99.3 Å². The molecule has 0 amide bonds. The van der Waals surface area contributed by atoms with E-state index in [0.717, 1.165) is 33.8 Å². The first kappa shape index (κ1) is 20.5. The highest BCUT2D eigenvalue weighted by Gasteiger charge is 2.24. The number of hydrogen-bond donors (Lipinski definition) is 0. The number of aromatic nitrogens is 1. The van der Waals surface area contributed by atoms with Crippen molar-refractivity contribution in [3.63, 3.8) is 0 Å². The summed E-state index contributed by atoms with van der Waals surface area (Å²) in [5, 5.41) is 11.9. The van der Waals surface area contributed by atoms with E-state index < -0.39 is 20.5 Å². The number of pyridine rings is 1. The molecule has 4 rings (SSSR count). The fraction of sp³-hybridized carbons (Fsp3) is 0.0870. The van der Waals surface area contributed by atoms with Gasteiger partial charge in [0.2, 0.25) is 0 Å². The summed E-state index contributed by atoms with van der Waals surface area (Å²) in [4.78, 5) is 23.6. The van der Waals surface area contributed by atoms with E-state index in [-0.39, 0.29) is 17.0 Å². The summed E-state index contributed by atoms with van der Waals surface area (Å²) in [5.74, 6) is 0. The Bertz CT molecular complexity index is 1460. The number of aryl methyl sites for hydroxylation is 1. The maximum Gasteiger partial charge on any atom is 0.272 e. The minimum absolute atomic E-state index is 0.192. The third-order valence-corrected chi connectivity index (χ3v) is 6.85. The lowest BCUT2D eigenvalue weighted by Gasteiger charge is -2.16. The van der Waals surface area contributed by atoms with Crippen molar-refractivity contribution >= 4 is 26.5 Å². The van der Waals surface area contributed by atoms with Crippen molar-refractivity contribution in [3.05, 3.63) is 116 Å². The molecule has 3 aromatic carbocycles. The van der Waals surface area contributed by atoms with E-state index in [4.69, 9.17) is 0 Å². The van der Waals surface area contributed by atoms with E-state index in [1.807, 2.05) is 36.4 Å². The minimum Gasteiger partial charge on any atom is -0.268 e. The number of nitro groups is 1. The predicted molar refractivity (Wildman–Crippen MR) is 118 cm³/mol. The molecule has 0 radical (unpaired) electrons. The van der Waals surface area contributed by atoms with Gasteiger partial charge in [0.15, 0.2) is 0 Å². The molecule has 1 heterocycles. The molecule has 0 aliphatic rings. The Kier molecular flexibility index (Phi) is 5.16. The highest BCUT2D eigenvalue weighted by Crippen LogP contribution is 2.23. The van der Waals surface area contributed by atoms with Crippen molar-refractivity contribution < 1.29 is 13.3 Å². The SMILES string of the molecule is Cc1cccc2cc(Cc3ccccc3)n(S(=O)(=O)c3ccc([N+](=O)[O-])cc3)c(=O)c12. The summed E-state index contributed by atoms with van der Waals surface area (Å²) in [7, 11) is -4.29. The molecule has 156 valence electrons. The van der Waals surface area contributed by atoms with Crippen LogP contribution < -0.4 is 5.56 Å². The molecule has 0 unspecified atom stereocenters. The lowest BCUT2D eigenvalue weighted by molar-refractivity contribution is -0.384. The second-order valence-electron chi connectivity index (χ2n) is 7.16. The zero-order chi connectivity index (χ0) is 22.2. The van der Waals surface area contributed by atoms with Gasteiger partial charge in [-0.3, -0.25) is 14.9 Å². The molecular formula is C23H18N2O5S. The van der Waals surface area contributed by atoms with Gasteiger partial charge in [-0.25, -0.2) is 12.4 Å². The maximum absolute atomic E-state index is 13.5. The summed E-state index contributed by atoms with van der Waals surface area (Å²) in [6, 6.07) is 20.8. The van der Waals surface area contributed by atoms with Crippen LogP contribution in [0.15, 0.2) is 88.6 Å². The van der Waals surface area contributed by atoms with Crippen LogP contribution >= 0.6 is 0 Å². The minimum atomic E-state index is -4.29. The van der Waals surface area contributed by atoms with E-state index in [0.29, 0.717) is 22.0 Å². The van der Waals surface area contributed by atoms with Gasteiger partial charge in [0.1, 0.15) is 0 Å². The van der Waals surface area contributed by atoms with Crippen molar-refractivity contribution in [1.82, 2.24) is 3.97 Å². The molecule has 0 aliphatic heterocycles. The molecule has 0 saturated heterocycles. The summed E-state index contributed by atoms with van der Waals surface area (Å²) >= 11 is 0. The Balaban J connectivity index is 1.99. The molecule has 0 bridgehead atoms. The Morgan fingerprint density at radius 3 is 2.26 bits per heavy atom. The lowest BCUT2D eigenvalue weighted by Crippen LogP contribution is -2.31. The number of nitro benzene ring substituents is 1. The first-order valence-corrected chi connectivity index (χ1v) is 10.9. The molecule has 0 spiro atoms. The number of fused-ring (bicyclic) bond motifs is 1. The molecule has 0 aliphatic carbocycles. The molecule has 0 fully saturated rings. The number of non-ortho nitro benzene ring substituents is 1. The average molecular weight is 434 g/mol. The largest absolute Gasteiger partial charge is 0.272 e. The monoisotopic (exact) mass is 434 g/mol. The van der Waals surface area contributed by atoms with Crippen LogP contribution in [0.25, 0.3) is 10.8 Å². The van der Waals surface area contributed by atoms with Crippen molar-refractivity contribution in [1.29, 1.82) is 0 Å². The zero-order valence-electron chi connectivity index (χ0n) is 16.6. The van der Waals surface area contributed by atoms with Crippen LogP contribution in [0.1, 0.15) is 16.8 Å². The molecule has 0 saturated carbocycles. The second kappa shape index (κ2) is 7.81. The summed E-state index contributed by atoms with van der Waals surface area (Å²) in [6.45, 7) is 1.75. The molecule has 8 heteroatoms. The van der Waals surface area contributed by atoms with Crippen LogP contribution in [0.2, 0.25) is 0 Å². The number of rotatable bonds is 5. The van der Waals surface area contributed by atoms with E-state index in [1.165, 1.54) is 0 Å². The summed E-state index contributed by atoms with van der Waals surface area (Å²) in [6.07, 6.45) is 0.228. The predicted octanol–water partition coefficient (Wildman–Crippen LogP) is 4.05. The van der Waals surface area contributed by atoms with Crippen LogP contribution in [-0.2, 0) is 16.4 Å². The quantitative estimate of drug-likeness (QED) is 0.349. The first-order valence-electron chi connectivity index (χ1n) is 9.47. The van der Waals surface area contributed by atoms with Gasteiger partial charge in [-0.15, -0.1) is 0 Å². The smallest absolute Gasteiger partial charge is 0.268 e. The molecule has 0 atom stereocenters. The standard InChI is InChI=1S/C23H18N2O5S/c1-16-6-5-9-18-15-20(14-17-7-3-2-4-8-17)24(23(26)22(16)18)31(29,30)21-12-10-19(11-13-21)25(27)28/h2-13,15H,14H2,1H3. The average Bonchev–Trinajstić information content (AvgIpc) is 2.74. The van der Waals surface area contributed by atoms with Crippen LogP contribution in [-0.4, -0.2) is 17.3 Å². The highest BCUT2D eigenvalue weighted by atomic mass is 32.2. The molecule has 31 heavy (non-hydrogen) atoms. The first-order chi connectivity index (χ1) is 14.8. The van der Waals surface area contributed by atoms with Gasteiger partial charge in [0.25, 0.3) is 21.3 Å². The summed E-state index contributed by atoms with van der Waals surface area (Å²) in [5.41, 5.74) is 0.959. The highest BCUT2D eigenvalue weighted by molar-refractivity contribution is 7.90. The molecule has 4 aromatic rings. The Hall–Kier alpha value is -3.78. The van der Waals surface area contributed by atoms with Gasteiger partial charge in [-0.05, 0) is 41.6 Å². The van der Waals surface area contributed by atoms with Crippen molar-refractivity contribution in [3.8, 4) is 0 Å². The number of hydrogen-bond acceptors (Lipinski definition) is 5. The molecule has 1 aromatic heterocycles. The van der Waals surface area contributed by atoms with Gasteiger partial charge in [-0.1, -0.05) is 48.5 Å². The Labute approximate surface area is 178 Å². The third kappa shape index (κ3) is 3.73. The zero-order valence-corrected chi connectivity index (χ0v) is 17.4. The normalized spacial score (nSPS) is 11.5. The van der Waals surface area contributed by atoms with Gasteiger partial charge < -0.3 is 0 Å². The van der Waals surface area contributed by atoms with Gasteiger partial charge >= 0.3 is 0 Å². The summed E-state index contributed by atoms with van der Waals surface area (Å²) < 4.78 is 27.8. The van der Waals surface area contributed by atoms with Crippen LogP contribution in [0.5, 0.6) is 0 Å². The van der Waals surface area contributed by atoms with E-state index in [9.17, 15) is 23.3 Å². The Morgan fingerprint density at radius 2 is 1.61 bits per heavy atom. The van der Waals surface area contributed by atoms with Gasteiger partial charge in [-0.2, -0.15) is 0 Å². The molecule has 0 N–H and O–H groups in total. The third-order valence-electron chi connectivity index (χ3n) is 5.10. The van der Waals surface area contributed by atoms with Crippen molar-refractivity contribution in [2.45, 2.75) is 18.2 Å². The fourth-order valence-electron chi connectivity index (χ4n) is 3.61. The van der Waals surface area contributed by atoms with Gasteiger partial charge in [0.05, 0.1) is 15.2 Å².